The van der Waals surface area contributed by atoms with Gasteiger partial charge in [0.25, 0.3) is 0 Å². The van der Waals surface area contributed by atoms with Gasteiger partial charge in [-0.05, 0) is 52.2 Å². The summed E-state index contributed by atoms with van der Waals surface area (Å²) < 4.78 is 0. The average Bonchev–Trinajstić information content (AvgIpc) is 2.53. The molecule has 1 aliphatic carbocycles. The molecule has 3 nitrogen and oxygen atoms in total. The number of carbonyl (C=O) groups excluding carboxylic acids is 1. The van der Waals surface area contributed by atoms with E-state index in [1.165, 1.54) is 10.6 Å². The molecule has 1 heterocycles. The molecule has 1 aromatic rings. The van der Waals surface area contributed by atoms with Crippen LogP contribution in [-0.2, 0) is 4.79 Å². The van der Waals surface area contributed by atoms with Gasteiger partial charge in [0.1, 0.15) is 0 Å². The lowest BCUT2D eigenvalue weighted by atomic mass is 9.97. The van der Waals surface area contributed by atoms with E-state index in [4.69, 9.17) is 0 Å². The molecule has 2 atom stereocenters. The fourth-order valence-corrected chi connectivity index (χ4v) is 4.46. The molecule has 0 fully saturated rings. The third-order valence-electron chi connectivity index (χ3n) is 4.36. The molecule has 23 heavy (non-hydrogen) atoms. The molecule has 0 radical (unpaired) electrons. The minimum absolute atomic E-state index is 0.150. The predicted molar refractivity (Wildman–Crippen MR) is 98.3 cm³/mol. The molecule has 1 aromatic carbocycles. The van der Waals surface area contributed by atoms with Crippen molar-refractivity contribution in [3.05, 3.63) is 48.1 Å². The number of nitrogens with zero attached hydrogens (tertiary/aromatic N) is 2. The van der Waals surface area contributed by atoms with Gasteiger partial charge < -0.3 is 9.80 Å². The van der Waals surface area contributed by atoms with Crippen molar-refractivity contribution in [3.8, 4) is 0 Å². The van der Waals surface area contributed by atoms with Crippen LogP contribution in [0.1, 0.15) is 13.3 Å². The van der Waals surface area contributed by atoms with Crippen molar-refractivity contribution >= 4 is 23.2 Å². The Labute approximate surface area is 143 Å². The highest BCUT2D eigenvalue weighted by Gasteiger charge is 2.34. The number of rotatable bonds is 5. The lowest BCUT2D eigenvalue weighted by Crippen LogP contribution is -2.45. The van der Waals surface area contributed by atoms with Gasteiger partial charge in [-0.1, -0.05) is 24.3 Å². The Bertz CT molecular complexity index is 651. The number of ketones is 1. The molecule has 0 N–H and O–H groups in total. The second-order valence-electron chi connectivity index (χ2n) is 6.43. The highest BCUT2D eigenvalue weighted by atomic mass is 32.2. The van der Waals surface area contributed by atoms with Crippen LogP contribution in [0.2, 0.25) is 0 Å². The van der Waals surface area contributed by atoms with E-state index in [-0.39, 0.29) is 11.8 Å². The van der Waals surface area contributed by atoms with Crippen LogP contribution in [0.4, 0.5) is 5.69 Å². The largest absolute Gasteiger partial charge is 0.363 e. The Morgan fingerprint density at radius 2 is 2.09 bits per heavy atom. The Balaban J connectivity index is 1.90. The van der Waals surface area contributed by atoms with Crippen molar-refractivity contribution in [1.82, 2.24) is 4.90 Å². The first-order chi connectivity index (χ1) is 11.1. The molecule has 0 bridgehead atoms. The zero-order valence-electron chi connectivity index (χ0n) is 14.0. The molecular formula is C19H24N2OS. The van der Waals surface area contributed by atoms with E-state index in [1.54, 1.807) is 6.92 Å². The van der Waals surface area contributed by atoms with Crippen molar-refractivity contribution in [2.24, 2.45) is 0 Å². The van der Waals surface area contributed by atoms with Crippen molar-refractivity contribution in [2.75, 3.05) is 32.1 Å². The van der Waals surface area contributed by atoms with Gasteiger partial charge in [0.05, 0.1) is 17.0 Å². The van der Waals surface area contributed by atoms with Crippen LogP contribution in [0.25, 0.3) is 0 Å². The SMILES string of the molecule is CC(=O)C1=CC2C(C=C1)Sc1ccccc1N2CCCN(C)C. The standard InChI is InChI=1S/C19H24N2OS/c1-14(22)15-9-10-19-17(13-15)21(12-6-11-20(2)3)16-7-4-5-8-18(16)23-19/h4-5,7-10,13,17,19H,6,11-12H2,1-3H3. The molecule has 0 aromatic heterocycles. The van der Waals surface area contributed by atoms with E-state index in [9.17, 15) is 4.79 Å². The summed E-state index contributed by atoms with van der Waals surface area (Å²) in [5, 5.41) is 0.382. The van der Waals surface area contributed by atoms with Gasteiger partial charge in [-0.3, -0.25) is 4.79 Å². The fourth-order valence-electron chi connectivity index (χ4n) is 3.19. The predicted octanol–water partition coefficient (Wildman–Crippen LogP) is 3.37. The minimum atomic E-state index is 0.150. The number of fused-ring (bicyclic) bond motifs is 2. The lowest BCUT2D eigenvalue weighted by Gasteiger charge is -2.42. The minimum Gasteiger partial charge on any atom is -0.363 e. The number of Topliss-reactive ketones (excluding diaryl/α,β-unsaturated/α-hetero) is 1. The third-order valence-corrected chi connectivity index (χ3v) is 5.67. The number of anilines is 1. The van der Waals surface area contributed by atoms with Crippen LogP contribution in [0.15, 0.2) is 53.0 Å². The molecule has 3 rings (SSSR count). The Hall–Kier alpha value is -1.52. The molecule has 1 aliphatic heterocycles. The first kappa shape index (κ1) is 16.3. The summed E-state index contributed by atoms with van der Waals surface area (Å²) in [5.41, 5.74) is 2.13. The quantitative estimate of drug-likeness (QED) is 0.827. The second-order valence-corrected chi connectivity index (χ2v) is 7.65. The monoisotopic (exact) mass is 328 g/mol. The molecule has 0 spiro atoms. The van der Waals surface area contributed by atoms with Crippen LogP contribution in [0.5, 0.6) is 0 Å². The topological polar surface area (TPSA) is 23.6 Å². The number of hydrogen-bond acceptors (Lipinski definition) is 4. The van der Waals surface area contributed by atoms with Crippen molar-refractivity contribution < 1.29 is 4.79 Å². The van der Waals surface area contributed by atoms with Gasteiger partial charge in [0, 0.05) is 17.0 Å². The molecule has 0 saturated heterocycles. The van der Waals surface area contributed by atoms with Crippen LogP contribution in [-0.4, -0.2) is 49.2 Å². The number of thioether (sulfide) groups is 1. The Morgan fingerprint density at radius 1 is 1.30 bits per heavy atom. The average molecular weight is 328 g/mol. The van der Waals surface area contributed by atoms with E-state index in [1.807, 2.05) is 17.8 Å². The summed E-state index contributed by atoms with van der Waals surface area (Å²) in [6.07, 6.45) is 7.46. The second kappa shape index (κ2) is 6.93. The molecule has 2 unspecified atom stereocenters. The molecule has 4 heteroatoms. The summed E-state index contributed by atoms with van der Waals surface area (Å²) in [6.45, 7) is 3.73. The van der Waals surface area contributed by atoms with Gasteiger partial charge in [0.2, 0.25) is 0 Å². The number of carbonyl (C=O) groups is 1. The summed E-state index contributed by atoms with van der Waals surface area (Å²) >= 11 is 1.90. The van der Waals surface area contributed by atoms with E-state index in [0.29, 0.717) is 5.25 Å². The summed E-state index contributed by atoms with van der Waals surface area (Å²) in [5.74, 6) is 0.150. The Morgan fingerprint density at radius 3 is 2.83 bits per heavy atom. The zero-order valence-corrected chi connectivity index (χ0v) is 14.8. The highest BCUT2D eigenvalue weighted by Crippen LogP contribution is 2.44. The van der Waals surface area contributed by atoms with E-state index in [0.717, 1.165) is 25.1 Å². The van der Waals surface area contributed by atoms with Gasteiger partial charge in [-0.2, -0.15) is 0 Å². The van der Waals surface area contributed by atoms with Crippen molar-refractivity contribution in [3.63, 3.8) is 0 Å². The maximum absolute atomic E-state index is 11.8. The number of allylic oxidation sites excluding steroid dienone is 2. The van der Waals surface area contributed by atoms with E-state index >= 15 is 0 Å². The molecule has 122 valence electrons. The molecule has 0 saturated carbocycles. The number of benzene rings is 1. The van der Waals surface area contributed by atoms with Gasteiger partial charge >= 0.3 is 0 Å². The molecule has 0 amide bonds. The van der Waals surface area contributed by atoms with Crippen LogP contribution < -0.4 is 4.90 Å². The Kier molecular flexibility index (Phi) is 4.93. The van der Waals surface area contributed by atoms with Gasteiger partial charge in [0.15, 0.2) is 5.78 Å². The van der Waals surface area contributed by atoms with Crippen molar-refractivity contribution in [2.45, 2.75) is 29.5 Å². The van der Waals surface area contributed by atoms with Crippen LogP contribution in [0.3, 0.4) is 0 Å². The highest BCUT2D eigenvalue weighted by molar-refractivity contribution is 8.00. The molecule has 2 aliphatic rings. The number of hydrogen-bond donors (Lipinski definition) is 0. The molecular weight excluding hydrogens is 304 g/mol. The maximum atomic E-state index is 11.8. The lowest BCUT2D eigenvalue weighted by molar-refractivity contribution is -0.113. The maximum Gasteiger partial charge on any atom is 0.159 e. The summed E-state index contributed by atoms with van der Waals surface area (Å²) in [7, 11) is 4.22. The summed E-state index contributed by atoms with van der Waals surface area (Å²) in [4.78, 5) is 17.8. The first-order valence-corrected chi connectivity index (χ1v) is 9.02. The third kappa shape index (κ3) is 3.54. The van der Waals surface area contributed by atoms with Crippen LogP contribution >= 0.6 is 11.8 Å². The van der Waals surface area contributed by atoms with Crippen LogP contribution in [0, 0.1) is 0 Å². The smallest absolute Gasteiger partial charge is 0.159 e. The first-order valence-electron chi connectivity index (χ1n) is 8.14. The van der Waals surface area contributed by atoms with E-state index in [2.05, 4.69) is 60.3 Å². The summed E-state index contributed by atoms with van der Waals surface area (Å²) in [6, 6.07) is 8.88. The van der Waals surface area contributed by atoms with Crippen molar-refractivity contribution in [1.29, 1.82) is 0 Å². The zero-order chi connectivity index (χ0) is 16.4. The normalized spacial score (nSPS) is 22.6. The van der Waals surface area contributed by atoms with Gasteiger partial charge in [-0.25, -0.2) is 0 Å². The fraction of sp³-hybridized carbons (Fsp3) is 0.421. The number of para-hydroxylation sites is 1. The van der Waals surface area contributed by atoms with Gasteiger partial charge in [-0.15, -0.1) is 11.8 Å². The van der Waals surface area contributed by atoms with E-state index < -0.39 is 0 Å².